The van der Waals surface area contributed by atoms with Crippen molar-refractivity contribution in [2.45, 2.75) is 47.0 Å². The predicted molar refractivity (Wildman–Crippen MR) is 92.0 cm³/mol. The normalized spacial score (nSPS) is 11.6. The Labute approximate surface area is 130 Å². The van der Waals surface area contributed by atoms with Crippen LogP contribution < -0.4 is 10.6 Å². The van der Waals surface area contributed by atoms with E-state index in [4.69, 9.17) is 5.73 Å². The van der Waals surface area contributed by atoms with Crippen molar-refractivity contribution in [2.75, 3.05) is 43.4 Å². The van der Waals surface area contributed by atoms with Gasteiger partial charge >= 0.3 is 0 Å². The maximum absolute atomic E-state index is 6.33. The maximum Gasteiger partial charge on any atom is 0.150 e. The van der Waals surface area contributed by atoms with Crippen LogP contribution in [0.3, 0.4) is 0 Å². The van der Waals surface area contributed by atoms with Crippen LogP contribution in [0.25, 0.3) is 0 Å². The number of anilines is 2. The third kappa shape index (κ3) is 4.37. The lowest BCUT2D eigenvalue weighted by Crippen LogP contribution is -2.31. The molecule has 0 aromatic carbocycles. The van der Waals surface area contributed by atoms with E-state index in [9.17, 15) is 0 Å². The summed E-state index contributed by atoms with van der Waals surface area (Å²) < 4.78 is 1.94. The van der Waals surface area contributed by atoms with Crippen LogP contribution in [-0.4, -0.2) is 47.4 Å². The molecule has 0 unspecified atom stereocenters. The first kappa shape index (κ1) is 17.8. The van der Waals surface area contributed by atoms with E-state index >= 15 is 0 Å². The highest BCUT2D eigenvalue weighted by Crippen LogP contribution is 2.30. The van der Waals surface area contributed by atoms with Crippen LogP contribution in [0.5, 0.6) is 0 Å². The first-order valence-electron chi connectivity index (χ1n) is 8.25. The Balaban J connectivity index is 2.76. The molecule has 1 heterocycles. The topological polar surface area (TPSA) is 50.3 Å². The van der Waals surface area contributed by atoms with Crippen LogP contribution in [-0.2, 0) is 7.05 Å². The number of nitrogen functional groups attached to an aromatic ring is 1. The largest absolute Gasteiger partial charge is 0.394 e. The zero-order valence-electron chi connectivity index (χ0n) is 14.7. The van der Waals surface area contributed by atoms with E-state index in [1.165, 1.54) is 0 Å². The minimum Gasteiger partial charge on any atom is -0.394 e. The Bertz CT molecular complexity index is 421. The van der Waals surface area contributed by atoms with Gasteiger partial charge in [0.25, 0.3) is 0 Å². The molecule has 5 nitrogen and oxygen atoms in total. The Morgan fingerprint density at radius 2 is 1.71 bits per heavy atom. The second-order valence-corrected chi connectivity index (χ2v) is 5.86. The van der Waals surface area contributed by atoms with Crippen molar-refractivity contribution >= 4 is 11.5 Å². The molecule has 1 aromatic rings. The van der Waals surface area contributed by atoms with Crippen molar-refractivity contribution in [1.82, 2.24) is 14.7 Å². The third-order valence-corrected chi connectivity index (χ3v) is 4.11. The van der Waals surface area contributed by atoms with Gasteiger partial charge in [0.2, 0.25) is 0 Å². The molecule has 0 spiro atoms. The minimum atomic E-state index is 0.360. The number of rotatable bonds is 9. The molecule has 0 fully saturated rings. The zero-order chi connectivity index (χ0) is 16.0. The van der Waals surface area contributed by atoms with Gasteiger partial charge in [-0.15, -0.1) is 0 Å². The molecule has 0 aliphatic carbocycles. The second kappa shape index (κ2) is 8.27. The van der Waals surface area contributed by atoms with E-state index in [1.807, 2.05) is 11.7 Å². The number of hydrogen-bond acceptors (Lipinski definition) is 4. The highest BCUT2D eigenvalue weighted by atomic mass is 15.4. The van der Waals surface area contributed by atoms with Crippen molar-refractivity contribution < 1.29 is 0 Å². The van der Waals surface area contributed by atoms with Gasteiger partial charge in [0.05, 0.1) is 11.4 Å². The Morgan fingerprint density at radius 3 is 2.14 bits per heavy atom. The lowest BCUT2D eigenvalue weighted by atomic mass is 10.1. The molecular weight excluding hydrogens is 262 g/mol. The second-order valence-electron chi connectivity index (χ2n) is 5.86. The van der Waals surface area contributed by atoms with Crippen LogP contribution in [0.4, 0.5) is 11.5 Å². The number of nitrogens with zero attached hydrogens (tertiary/aromatic N) is 4. The molecule has 0 amide bonds. The highest BCUT2D eigenvalue weighted by Gasteiger charge is 2.19. The molecule has 1 aromatic heterocycles. The van der Waals surface area contributed by atoms with Crippen molar-refractivity contribution in [2.24, 2.45) is 7.05 Å². The monoisotopic (exact) mass is 295 g/mol. The molecule has 122 valence electrons. The van der Waals surface area contributed by atoms with Gasteiger partial charge in [-0.25, -0.2) is 0 Å². The molecule has 0 aliphatic rings. The molecule has 0 saturated heterocycles. The molecule has 0 aliphatic heterocycles. The predicted octanol–water partition coefficient (Wildman–Crippen LogP) is 2.68. The Hall–Kier alpha value is -1.23. The Kier molecular flexibility index (Phi) is 7.02. The SMILES string of the molecule is CCN(CC)CCCN(CC)c1c(N)c(C(C)C)nn1C. The quantitative estimate of drug-likeness (QED) is 0.761. The summed E-state index contributed by atoms with van der Waals surface area (Å²) >= 11 is 0. The maximum atomic E-state index is 6.33. The van der Waals surface area contributed by atoms with Crippen LogP contribution in [0.2, 0.25) is 0 Å². The van der Waals surface area contributed by atoms with Gasteiger partial charge in [0, 0.05) is 20.1 Å². The van der Waals surface area contributed by atoms with Crippen LogP contribution in [0.1, 0.15) is 52.7 Å². The molecule has 2 N–H and O–H groups in total. The van der Waals surface area contributed by atoms with Crippen LogP contribution in [0, 0.1) is 0 Å². The van der Waals surface area contributed by atoms with E-state index in [1.54, 1.807) is 0 Å². The van der Waals surface area contributed by atoms with E-state index in [0.717, 1.165) is 56.3 Å². The fraction of sp³-hybridized carbons (Fsp3) is 0.812. The first-order chi connectivity index (χ1) is 9.96. The van der Waals surface area contributed by atoms with E-state index in [2.05, 4.69) is 49.5 Å². The number of aryl methyl sites for hydroxylation is 1. The van der Waals surface area contributed by atoms with Gasteiger partial charge in [-0.3, -0.25) is 4.68 Å². The van der Waals surface area contributed by atoms with Crippen molar-refractivity contribution in [3.63, 3.8) is 0 Å². The summed E-state index contributed by atoms with van der Waals surface area (Å²) in [5, 5.41) is 4.59. The van der Waals surface area contributed by atoms with Crippen molar-refractivity contribution in [3.05, 3.63) is 5.69 Å². The fourth-order valence-corrected chi connectivity index (χ4v) is 2.79. The summed E-state index contributed by atoms with van der Waals surface area (Å²) in [6.45, 7) is 16.2. The van der Waals surface area contributed by atoms with E-state index in [0.29, 0.717) is 5.92 Å². The molecule has 1 rings (SSSR count). The zero-order valence-corrected chi connectivity index (χ0v) is 14.7. The average molecular weight is 295 g/mol. The summed E-state index contributed by atoms with van der Waals surface area (Å²) in [7, 11) is 1.99. The lowest BCUT2D eigenvalue weighted by Gasteiger charge is -2.25. The molecule has 0 radical (unpaired) electrons. The summed E-state index contributed by atoms with van der Waals surface area (Å²) in [5.41, 5.74) is 8.18. The Morgan fingerprint density at radius 1 is 1.10 bits per heavy atom. The van der Waals surface area contributed by atoms with Crippen molar-refractivity contribution in [3.8, 4) is 0 Å². The van der Waals surface area contributed by atoms with Gasteiger partial charge < -0.3 is 15.5 Å². The van der Waals surface area contributed by atoms with Gasteiger partial charge in [-0.1, -0.05) is 27.7 Å². The summed E-state index contributed by atoms with van der Waals surface area (Å²) in [6, 6.07) is 0. The molecule has 0 saturated carbocycles. The number of nitrogens with two attached hydrogens (primary N) is 1. The minimum absolute atomic E-state index is 0.360. The third-order valence-electron chi connectivity index (χ3n) is 4.11. The summed E-state index contributed by atoms with van der Waals surface area (Å²) in [5.74, 6) is 1.43. The van der Waals surface area contributed by atoms with Gasteiger partial charge in [-0.05, 0) is 38.9 Å². The molecule has 0 atom stereocenters. The smallest absolute Gasteiger partial charge is 0.150 e. The van der Waals surface area contributed by atoms with Gasteiger partial charge in [0.15, 0.2) is 0 Å². The average Bonchev–Trinajstić information content (AvgIpc) is 2.75. The highest BCUT2D eigenvalue weighted by molar-refractivity contribution is 5.67. The van der Waals surface area contributed by atoms with Crippen LogP contribution >= 0.6 is 0 Å². The van der Waals surface area contributed by atoms with Crippen molar-refractivity contribution in [1.29, 1.82) is 0 Å². The molecular formula is C16H33N5. The molecule has 5 heteroatoms. The van der Waals surface area contributed by atoms with Gasteiger partial charge in [0.1, 0.15) is 5.82 Å². The first-order valence-corrected chi connectivity index (χ1v) is 8.25. The lowest BCUT2D eigenvalue weighted by molar-refractivity contribution is 0.300. The number of aromatic nitrogens is 2. The van der Waals surface area contributed by atoms with Crippen LogP contribution in [0.15, 0.2) is 0 Å². The van der Waals surface area contributed by atoms with Gasteiger partial charge in [-0.2, -0.15) is 5.10 Å². The summed E-state index contributed by atoms with van der Waals surface area (Å²) in [6.07, 6.45) is 1.15. The number of hydrogen-bond donors (Lipinski definition) is 1. The fourth-order valence-electron chi connectivity index (χ4n) is 2.79. The molecule has 0 bridgehead atoms. The molecule has 21 heavy (non-hydrogen) atoms. The standard InChI is InChI=1S/C16H33N5/c1-7-20(8-2)11-10-12-21(9-3)16-14(17)15(13(4)5)18-19(16)6/h13H,7-12,17H2,1-6H3. The van der Waals surface area contributed by atoms with E-state index < -0.39 is 0 Å². The van der Waals surface area contributed by atoms with E-state index in [-0.39, 0.29) is 0 Å². The summed E-state index contributed by atoms with van der Waals surface area (Å²) in [4.78, 5) is 4.80.